The van der Waals surface area contributed by atoms with Gasteiger partial charge in [-0.15, -0.1) is 24.8 Å². The first-order valence-corrected chi connectivity index (χ1v) is 7.64. The van der Waals surface area contributed by atoms with Gasteiger partial charge in [0.05, 0.1) is 0 Å². The first kappa shape index (κ1) is 23.9. The predicted octanol–water partition coefficient (Wildman–Crippen LogP) is 1.81. The molecule has 2 heterocycles. The Balaban J connectivity index is 0.00000288. The van der Waals surface area contributed by atoms with Crippen molar-refractivity contribution in [3.8, 4) is 0 Å². The molecule has 0 bridgehead atoms. The maximum absolute atomic E-state index is 13.2. The van der Waals surface area contributed by atoms with Gasteiger partial charge < -0.3 is 10.6 Å². The van der Waals surface area contributed by atoms with E-state index in [2.05, 4.69) is 15.6 Å². The Morgan fingerprint density at radius 2 is 1.84 bits per heavy atom. The molecule has 0 aliphatic carbocycles. The van der Waals surface area contributed by atoms with E-state index in [0.29, 0.717) is 32.6 Å². The van der Waals surface area contributed by atoms with Crippen molar-refractivity contribution < 1.29 is 18.0 Å². The molecule has 1 aromatic heterocycles. The lowest BCUT2D eigenvalue weighted by atomic mass is 10.1. The molecule has 1 saturated heterocycles. The van der Waals surface area contributed by atoms with E-state index in [0.717, 1.165) is 5.56 Å². The van der Waals surface area contributed by atoms with Crippen molar-refractivity contribution in [1.29, 1.82) is 0 Å². The Labute approximate surface area is 157 Å². The largest absolute Gasteiger partial charge is 0.405 e. The van der Waals surface area contributed by atoms with Crippen LogP contribution < -0.4 is 10.6 Å². The third-order valence-electron chi connectivity index (χ3n) is 3.85. The molecule has 0 radical (unpaired) electrons. The number of rotatable bonds is 6. The number of halogens is 5. The van der Waals surface area contributed by atoms with Gasteiger partial charge in [0.15, 0.2) is 0 Å². The average molecular weight is 403 g/mol. The Hall–Kier alpha value is -1.09. The summed E-state index contributed by atoms with van der Waals surface area (Å²) in [7, 11) is 0. The van der Waals surface area contributed by atoms with Crippen molar-refractivity contribution in [2.45, 2.75) is 25.1 Å². The van der Waals surface area contributed by atoms with Crippen molar-refractivity contribution >= 4 is 30.7 Å². The number of carbonyl (C=O) groups is 1. The Morgan fingerprint density at radius 1 is 1.24 bits per heavy atom. The molecular formula is C15H23Cl2F3N4O. The highest BCUT2D eigenvalue weighted by Crippen LogP contribution is 2.24. The second-order valence-corrected chi connectivity index (χ2v) is 5.50. The minimum absolute atomic E-state index is 0. The molecule has 1 fully saturated rings. The topological polar surface area (TPSA) is 57.3 Å². The second-order valence-electron chi connectivity index (χ2n) is 5.50. The summed E-state index contributed by atoms with van der Waals surface area (Å²) in [4.78, 5) is 17.1. The number of carbonyl (C=O) groups excluding carboxylic acids is 1. The van der Waals surface area contributed by atoms with Crippen molar-refractivity contribution in [2.75, 3.05) is 32.7 Å². The Morgan fingerprint density at radius 3 is 2.40 bits per heavy atom. The van der Waals surface area contributed by atoms with Crippen LogP contribution in [-0.2, 0) is 11.2 Å². The average Bonchev–Trinajstić information content (AvgIpc) is 2.54. The standard InChI is InChI=1S/C15H21F3N4O.2ClH/c16-15(17,18)13(22-9-7-20-8-10-22)11-21-14(23)2-1-12-3-5-19-6-4-12;;/h3-6,13,20H,1-2,7-11H2,(H,21,23);2*1H. The zero-order chi connectivity index (χ0) is 16.7. The number of amides is 1. The molecular weight excluding hydrogens is 380 g/mol. The highest BCUT2D eigenvalue weighted by Gasteiger charge is 2.43. The van der Waals surface area contributed by atoms with Gasteiger partial charge in [-0.05, 0) is 24.1 Å². The van der Waals surface area contributed by atoms with Crippen LogP contribution in [0.1, 0.15) is 12.0 Å². The van der Waals surface area contributed by atoms with Gasteiger partial charge in [-0.2, -0.15) is 13.2 Å². The van der Waals surface area contributed by atoms with Crippen LogP contribution in [0.2, 0.25) is 0 Å². The van der Waals surface area contributed by atoms with Gasteiger partial charge in [0.1, 0.15) is 6.04 Å². The van der Waals surface area contributed by atoms with Crippen molar-refractivity contribution in [1.82, 2.24) is 20.5 Å². The summed E-state index contributed by atoms with van der Waals surface area (Å²) in [5, 5.41) is 5.44. The fraction of sp³-hybridized carbons (Fsp3) is 0.600. The van der Waals surface area contributed by atoms with Crippen LogP contribution in [0.4, 0.5) is 13.2 Å². The molecule has 0 saturated carbocycles. The molecule has 25 heavy (non-hydrogen) atoms. The first-order chi connectivity index (χ1) is 11.0. The number of alkyl halides is 3. The van der Waals surface area contributed by atoms with Crippen LogP contribution in [0, 0.1) is 0 Å². The van der Waals surface area contributed by atoms with Crippen LogP contribution in [0.15, 0.2) is 24.5 Å². The van der Waals surface area contributed by atoms with Gasteiger partial charge in [-0.25, -0.2) is 0 Å². The molecule has 1 aromatic rings. The first-order valence-electron chi connectivity index (χ1n) is 7.64. The summed E-state index contributed by atoms with van der Waals surface area (Å²) >= 11 is 0. The minimum atomic E-state index is -4.35. The van der Waals surface area contributed by atoms with Crippen LogP contribution in [0.25, 0.3) is 0 Å². The molecule has 5 nitrogen and oxygen atoms in total. The highest BCUT2D eigenvalue weighted by atomic mass is 35.5. The summed E-state index contributed by atoms with van der Waals surface area (Å²) in [5.41, 5.74) is 0.935. The molecule has 1 amide bonds. The zero-order valence-electron chi connectivity index (χ0n) is 13.6. The number of nitrogens with one attached hydrogen (secondary N) is 2. The number of aryl methyl sites for hydroxylation is 1. The van der Waals surface area contributed by atoms with Crippen molar-refractivity contribution in [2.24, 2.45) is 0 Å². The Kier molecular flexibility index (Phi) is 11.0. The third-order valence-corrected chi connectivity index (χ3v) is 3.85. The molecule has 1 aliphatic rings. The van der Waals surface area contributed by atoms with Gasteiger partial charge in [-0.3, -0.25) is 14.7 Å². The van der Waals surface area contributed by atoms with Gasteiger partial charge in [0.2, 0.25) is 5.91 Å². The number of nitrogens with zero attached hydrogens (tertiary/aromatic N) is 2. The fourth-order valence-corrected chi connectivity index (χ4v) is 2.55. The molecule has 1 unspecified atom stereocenters. The van der Waals surface area contributed by atoms with Gasteiger partial charge in [0, 0.05) is 51.5 Å². The number of piperazine rings is 1. The number of hydrogen-bond acceptors (Lipinski definition) is 4. The van der Waals surface area contributed by atoms with E-state index >= 15 is 0 Å². The Bertz CT molecular complexity index is 499. The number of hydrogen-bond donors (Lipinski definition) is 2. The third kappa shape index (κ3) is 8.22. The lowest BCUT2D eigenvalue weighted by Crippen LogP contribution is -2.57. The van der Waals surface area contributed by atoms with E-state index in [1.165, 1.54) is 4.90 Å². The zero-order valence-corrected chi connectivity index (χ0v) is 15.2. The molecule has 1 aliphatic heterocycles. The van der Waals surface area contributed by atoms with E-state index in [1.54, 1.807) is 24.5 Å². The predicted molar refractivity (Wildman–Crippen MR) is 94.3 cm³/mol. The molecule has 10 heteroatoms. The van der Waals surface area contributed by atoms with Crippen LogP contribution >= 0.6 is 24.8 Å². The molecule has 0 spiro atoms. The summed E-state index contributed by atoms with van der Waals surface area (Å²) in [6.45, 7) is 1.32. The quantitative estimate of drug-likeness (QED) is 0.761. The van der Waals surface area contributed by atoms with E-state index < -0.39 is 18.8 Å². The van der Waals surface area contributed by atoms with E-state index in [-0.39, 0.29) is 37.1 Å². The van der Waals surface area contributed by atoms with Gasteiger partial charge in [0.25, 0.3) is 0 Å². The minimum Gasteiger partial charge on any atom is -0.354 e. The molecule has 144 valence electrons. The summed E-state index contributed by atoms with van der Waals surface area (Å²) < 4.78 is 39.6. The maximum Gasteiger partial charge on any atom is 0.405 e. The normalized spacial score (nSPS) is 16.3. The molecule has 2 N–H and O–H groups in total. The SMILES string of the molecule is Cl.Cl.O=C(CCc1ccncc1)NCC(N1CCNCC1)C(F)(F)F. The summed E-state index contributed by atoms with van der Waals surface area (Å²) in [6, 6.07) is 1.94. The number of pyridine rings is 1. The van der Waals surface area contributed by atoms with E-state index in [9.17, 15) is 18.0 Å². The van der Waals surface area contributed by atoms with Crippen LogP contribution in [0.3, 0.4) is 0 Å². The molecule has 2 rings (SSSR count). The van der Waals surface area contributed by atoms with E-state index in [4.69, 9.17) is 0 Å². The smallest absolute Gasteiger partial charge is 0.354 e. The van der Waals surface area contributed by atoms with Gasteiger partial charge in [-0.1, -0.05) is 0 Å². The van der Waals surface area contributed by atoms with Crippen molar-refractivity contribution in [3.05, 3.63) is 30.1 Å². The summed E-state index contributed by atoms with van der Waals surface area (Å²) in [6.07, 6.45) is -0.459. The monoisotopic (exact) mass is 402 g/mol. The van der Waals surface area contributed by atoms with Gasteiger partial charge >= 0.3 is 6.18 Å². The maximum atomic E-state index is 13.2. The molecule has 1 atom stereocenters. The van der Waals surface area contributed by atoms with Crippen LogP contribution in [0.5, 0.6) is 0 Å². The van der Waals surface area contributed by atoms with E-state index in [1.807, 2.05) is 0 Å². The van der Waals surface area contributed by atoms with Crippen molar-refractivity contribution in [3.63, 3.8) is 0 Å². The van der Waals surface area contributed by atoms with Crippen LogP contribution in [-0.4, -0.2) is 60.7 Å². The lowest BCUT2D eigenvalue weighted by Gasteiger charge is -2.35. The number of aromatic nitrogens is 1. The molecule has 0 aromatic carbocycles. The fourth-order valence-electron chi connectivity index (χ4n) is 2.55. The second kappa shape index (κ2) is 11.5. The highest BCUT2D eigenvalue weighted by molar-refractivity contribution is 5.85. The summed E-state index contributed by atoms with van der Waals surface area (Å²) in [5.74, 6) is -0.369. The lowest BCUT2D eigenvalue weighted by molar-refractivity contribution is -0.184.